The van der Waals surface area contributed by atoms with Crippen molar-refractivity contribution in [3.05, 3.63) is 69.3 Å². The van der Waals surface area contributed by atoms with Crippen molar-refractivity contribution in [3.63, 3.8) is 0 Å². The highest BCUT2D eigenvalue weighted by atomic mass is 19.4. The highest BCUT2D eigenvalue weighted by Crippen LogP contribution is 2.29. The second kappa shape index (κ2) is 7.57. The fraction of sp³-hybridized carbons (Fsp3) is 0.118. The molecule has 9 heteroatoms. The van der Waals surface area contributed by atoms with Crippen molar-refractivity contribution in [2.45, 2.75) is 6.18 Å². The minimum absolute atomic E-state index is 0.0202. The highest BCUT2D eigenvalue weighted by Gasteiger charge is 2.30. The summed E-state index contributed by atoms with van der Waals surface area (Å²) in [6.45, 7) is -0.146. The quantitative estimate of drug-likeness (QED) is 0.379. The number of hydrogen-bond donors (Lipinski definition) is 2. The summed E-state index contributed by atoms with van der Waals surface area (Å²) in [6, 6.07) is 8.07. The van der Waals surface area contributed by atoms with E-state index in [-0.39, 0.29) is 23.4 Å². The van der Waals surface area contributed by atoms with E-state index < -0.39 is 28.3 Å². The van der Waals surface area contributed by atoms with E-state index in [2.05, 4.69) is 17.2 Å². The third-order valence-electron chi connectivity index (χ3n) is 3.25. The Bertz CT molecular complexity index is 915. The molecule has 26 heavy (non-hydrogen) atoms. The molecule has 0 aliphatic carbocycles. The number of nitro benzene ring substituents is 1. The van der Waals surface area contributed by atoms with Crippen LogP contribution in [0.2, 0.25) is 0 Å². The molecule has 0 aliphatic heterocycles. The molecule has 0 saturated heterocycles. The summed E-state index contributed by atoms with van der Waals surface area (Å²) in [4.78, 5) is 22.0. The smallest absolute Gasteiger partial charge is 0.393 e. The van der Waals surface area contributed by atoms with Crippen LogP contribution in [0.25, 0.3) is 0 Å². The van der Waals surface area contributed by atoms with Gasteiger partial charge in [0.2, 0.25) is 0 Å². The van der Waals surface area contributed by atoms with Crippen LogP contribution in [-0.4, -0.2) is 17.4 Å². The van der Waals surface area contributed by atoms with E-state index in [1.54, 1.807) is 0 Å². The minimum Gasteiger partial charge on any atom is -0.393 e. The van der Waals surface area contributed by atoms with Crippen LogP contribution in [0, 0.1) is 22.0 Å². The van der Waals surface area contributed by atoms with Crippen molar-refractivity contribution in [1.29, 1.82) is 0 Å². The number of benzene rings is 2. The molecule has 0 aliphatic rings. The van der Waals surface area contributed by atoms with Gasteiger partial charge in [-0.3, -0.25) is 14.9 Å². The van der Waals surface area contributed by atoms with Gasteiger partial charge < -0.3 is 11.1 Å². The number of nitrogens with zero attached hydrogens (tertiary/aromatic N) is 1. The number of nitro groups is 1. The number of carbonyl (C=O) groups excluding carboxylic acids is 1. The van der Waals surface area contributed by atoms with Crippen LogP contribution in [0.15, 0.2) is 42.5 Å². The molecule has 3 N–H and O–H groups in total. The first-order valence-corrected chi connectivity index (χ1v) is 7.17. The van der Waals surface area contributed by atoms with Crippen LogP contribution < -0.4 is 11.1 Å². The first-order valence-electron chi connectivity index (χ1n) is 7.17. The molecule has 2 rings (SSSR count). The number of hydrogen-bond acceptors (Lipinski definition) is 4. The molecule has 0 saturated carbocycles. The summed E-state index contributed by atoms with van der Waals surface area (Å²) in [5.74, 6) is 4.41. The summed E-state index contributed by atoms with van der Waals surface area (Å²) in [7, 11) is 0. The molecule has 0 heterocycles. The normalized spacial score (nSPS) is 10.6. The number of halogens is 3. The van der Waals surface area contributed by atoms with Gasteiger partial charge in [-0.1, -0.05) is 17.9 Å². The van der Waals surface area contributed by atoms with Crippen LogP contribution in [-0.2, 0) is 6.18 Å². The number of nitrogens with two attached hydrogens (primary N) is 1. The molecule has 0 radical (unpaired) electrons. The standard InChI is InChI=1S/C17H12F3N3O3/c18-17(19,20)13-5-1-3-11(9-13)4-2-8-22-16(24)12-6-7-14(21)15(10-12)23(25)26/h1,3,5-7,9-10H,8,21H2,(H,22,24). The Morgan fingerprint density at radius 2 is 1.96 bits per heavy atom. The molecule has 2 aromatic carbocycles. The third-order valence-corrected chi connectivity index (χ3v) is 3.25. The van der Waals surface area contributed by atoms with Crippen molar-refractivity contribution in [1.82, 2.24) is 5.32 Å². The number of anilines is 1. The topological polar surface area (TPSA) is 98.3 Å². The number of alkyl halides is 3. The van der Waals surface area contributed by atoms with Gasteiger partial charge in [0, 0.05) is 17.2 Å². The second-order valence-electron chi connectivity index (χ2n) is 5.09. The molecule has 0 aromatic heterocycles. The minimum atomic E-state index is -4.46. The maximum absolute atomic E-state index is 12.6. The first kappa shape index (κ1) is 18.8. The van der Waals surface area contributed by atoms with Gasteiger partial charge >= 0.3 is 6.18 Å². The van der Waals surface area contributed by atoms with Gasteiger partial charge in [0.05, 0.1) is 17.0 Å². The molecule has 134 valence electrons. The van der Waals surface area contributed by atoms with E-state index in [9.17, 15) is 28.1 Å². The number of carbonyl (C=O) groups is 1. The van der Waals surface area contributed by atoms with Crippen LogP contribution in [0.1, 0.15) is 21.5 Å². The Kier molecular flexibility index (Phi) is 5.47. The lowest BCUT2D eigenvalue weighted by molar-refractivity contribution is -0.383. The Balaban J connectivity index is 2.03. The highest BCUT2D eigenvalue weighted by molar-refractivity contribution is 5.95. The maximum Gasteiger partial charge on any atom is 0.416 e. The maximum atomic E-state index is 12.6. The van der Waals surface area contributed by atoms with E-state index >= 15 is 0 Å². The van der Waals surface area contributed by atoms with E-state index in [4.69, 9.17) is 5.73 Å². The fourth-order valence-corrected chi connectivity index (χ4v) is 1.99. The van der Waals surface area contributed by atoms with Crippen molar-refractivity contribution < 1.29 is 22.9 Å². The Morgan fingerprint density at radius 1 is 1.23 bits per heavy atom. The van der Waals surface area contributed by atoms with Gasteiger partial charge in [-0.25, -0.2) is 0 Å². The molecular formula is C17H12F3N3O3. The predicted octanol–water partition coefficient (Wildman–Crippen LogP) is 2.98. The van der Waals surface area contributed by atoms with Crippen molar-refractivity contribution in [2.24, 2.45) is 0 Å². The zero-order valence-corrected chi connectivity index (χ0v) is 13.1. The molecule has 0 atom stereocenters. The predicted molar refractivity (Wildman–Crippen MR) is 88.2 cm³/mol. The SMILES string of the molecule is Nc1ccc(C(=O)NCC#Cc2cccc(C(F)(F)F)c2)cc1[N+](=O)[O-]. The molecule has 0 fully saturated rings. The van der Waals surface area contributed by atoms with Gasteiger partial charge in [-0.15, -0.1) is 0 Å². The van der Waals surface area contributed by atoms with Crippen LogP contribution in [0.3, 0.4) is 0 Å². The Labute approximate surface area is 146 Å². The van der Waals surface area contributed by atoms with Gasteiger partial charge in [0.25, 0.3) is 11.6 Å². The van der Waals surface area contributed by atoms with Gasteiger partial charge in [-0.2, -0.15) is 13.2 Å². The summed E-state index contributed by atoms with van der Waals surface area (Å²) >= 11 is 0. The molecule has 1 amide bonds. The lowest BCUT2D eigenvalue weighted by Gasteiger charge is -2.05. The van der Waals surface area contributed by atoms with Crippen molar-refractivity contribution in [2.75, 3.05) is 12.3 Å². The zero-order chi connectivity index (χ0) is 19.3. The summed E-state index contributed by atoms with van der Waals surface area (Å²) < 4.78 is 37.8. The van der Waals surface area contributed by atoms with E-state index in [0.29, 0.717) is 0 Å². The third kappa shape index (κ3) is 4.73. The number of nitrogen functional groups attached to an aromatic ring is 1. The van der Waals surface area contributed by atoms with Crippen LogP contribution >= 0.6 is 0 Å². The summed E-state index contributed by atoms with van der Waals surface area (Å²) in [6.07, 6.45) is -4.46. The lowest BCUT2D eigenvalue weighted by atomic mass is 10.1. The summed E-state index contributed by atoms with van der Waals surface area (Å²) in [5.41, 5.74) is 4.33. The van der Waals surface area contributed by atoms with E-state index in [1.807, 2.05) is 0 Å². The lowest BCUT2D eigenvalue weighted by Crippen LogP contribution is -2.23. The molecule has 2 aromatic rings. The zero-order valence-electron chi connectivity index (χ0n) is 13.1. The number of nitrogens with one attached hydrogen (secondary N) is 1. The second-order valence-corrected chi connectivity index (χ2v) is 5.09. The molecule has 0 unspecified atom stereocenters. The average Bonchev–Trinajstić information content (AvgIpc) is 2.58. The van der Waals surface area contributed by atoms with Gasteiger partial charge in [0.15, 0.2) is 0 Å². The van der Waals surface area contributed by atoms with Gasteiger partial charge in [-0.05, 0) is 30.3 Å². The Morgan fingerprint density at radius 3 is 2.62 bits per heavy atom. The van der Waals surface area contributed by atoms with Crippen molar-refractivity contribution >= 4 is 17.3 Å². The van der Waals surface area contributed by atoms with Gasteiger partial charge in [0.1, 0.15) is 5.69 Å². The van der Waals surface area contributed by atoms with Crippen LogP contribution in [0.4, 0.5) is 24.5 Å². The monoisotopic (exact) mass is 363 g/mol. The first-order chi connectivity index (χ1) is 12.2. The fourth-order valence-electron chi connectivity index (χ4n) is 1.99. The summed E-state index contributed by atoms with van der Waals surface area (Å²) in [5, 5.41) is 13.2. The average molecular weight is 363 g/mol. The molecule has 0 spiro atoms. The largest absolute Gasteiger partial charge is 0.416 e. The van der Waals surface area contributed by atoms with Crippen molar-refractivity contribution in [3.8, 4) is 11.8 Å². The Hall–Kier alpha value is -3.54. The number of amides is 1. The molecular weight excluding hydrogens is 351 g/mol. The molecule has 6 nitrogen and oxygen atoms in total. The van der Waals surface area contributed by atoms with E-state index in [1.165, 1.54) is 24.3 Å². The van der Waals surface area contributed by atoms with Crippen LogP contribution in [0.5, 0.6) is 0 Å². The number of rotatable bonds is 3. The molecule has 0 bridgehead atoms. The van der Waals surface area contributed by atoms with E-state index in [0.717, 1.165) is 18.2 Å².